The Kier molecular flexibility index (Phi) is 4.62. The lowest BCUT2D eigenvalue weighted by Crippen LogP contribution is -2.36. The first-order valence-corrected chi connectivity index (χ1v) is 9.88. The van der Waals surface area contributed by atoms with Crippen LogP contribution in [0, 0.1) is 6.92 Å². The molecule has 0 amide bonds. The predicted molar refractivity (Wildman–Crippen MR) is 117 cm³/mol. The van der Waals surface area contributed by atoms with Crippen LogP contribution in [0.1, 0.15) is 5.69 Å². The predicted octanol–water partition coefficient (Wildman–Crippen LogP) is 4.51. The second-order valence-corrected chi connectivity index (χ2v) is 7.21. The van der Waals surface area contributed by atoms with Crippen LogP contribution in [0.5, 0.6) is 0 Å². The summed E-state index contributed by atoms with van der Waals surface area (Å²) in [5, 5.41) is 4.50. The van der Waals surface area contributed by atoms with E-state index in [0.29, 0.717) is 5.95 Å². The van der Waals surface area contributed by atoms with Crippen LogP contribution in [0.2, 0.25) is 0 Å². The van der Waals surface area contributed by atoms with Crippen molar-refractivity contribution in [3.8, 4) is 11.3 Å². The topological polar surface area (TPSA) is 66.1 Å². The Morgan fingerprint density at radius 3 is 2.62 bits per heavy atom. The van der Waals surface area contributed by atoms with Crippen molar-refractivity contribution in [2.45, 2.75) is 6.92 Å². The number of para-hydroxylation sites is 1. The van der Waals surface area contributed by atoms with Crippen LogP contribution in [0.15, 0.2) is 60.8 Å². The fourth-order valence-corrected chi connectivity index (χ4v) is 3.87. The van der Waals surface area contributed by atoms with Crippen molar-refractivity contribution in [1.29, 1.82) is 0 Å². The van der Waals surface area contributed by atoms with Crippen LogP contribution in [0.3, 0.4) is 0 Å². The Bertz CT molecular complexity index is 1130. The van der Waals surface area contributed by atoms with E-state index >= 15 is 0 Å². The quantitative estimate of drug-likeness (QED) is 0.541. The summed E-state index contributed by atoms with van der Waals surface area (Å²) < 4.78 is 5.43. The van der Waals surface area contributed by atoms with Crippen molar-refractivity contribution in [2.24, 2.45) is 0 Å². The van der Waals surface area contributed by atoms with E-state index in [9.17, 15) is 0 Å². The van der Waals surface area contributed by atoms with Gasteiger partial charge in [0.2, 0.25) is 5.95 Å². The molecule has 29 heavy (non-hydrogen) atoms. The highest BCUT2D eigenvalue weighted by Gasteiger charge is 2.13. The summed E-state index contributed by atoms with van der Waals surface area (Å²) in [5.74, 6) is 0.589. The molecule has 2 N–H and O–H groups in total. The maximum absolute atomic E-state index is 5.43. The smallest absolute Gasteiger partial charge is 0.227 e. The molecule has 0 spiro atoms. The number of benzene rings is 2. The van der Waals surface area contributed by atoms with Gasteiger partial charge in [0.05, 0.1) is 18.9 Å². The molecule has 1 saturated heterocycles. The lowest BCUT2D eigenvalue weighted by molar-refractivity contribution is 0.122. The minimum Gasteiger partial charge on any atom is -0.378 e. The van der Waals surface area contributed by atoms with Gasteiger partial charge in [0, 0.05) is 52.8 Å². The van der Waals surface area contributed by atoms with Crippen LogP contribution in [0.4, 0.5) is 17.3 Å². The summed E-state index contributed by atoms with van der Waals surface area (Å²) in [6, 6.07) is 18.6. The minimum atomic E-state index is 0.589. The van der Waals surface area contributed by atoms with E-state index in [-0.39, 0.29) is 0 Å². The number of hydrogen-bond donors (Lipinski definition) is 2. The second-order valence-electron chi connectivity index (χ2n) is 7.21. The highest BCUT2D eigenvalue weighted by atomic mass is 16.5. The van der Waals surface area contributed by atoms with E-state index in [1.165, 1.54) is 11.1 Å². The van der Waals surface area contributed by atoms with Gasteiger partial charge < -0.3 is 19.9 Å². The number of H-pyrrole nitrogens is 1. The Labute approximate surface area is 169 Å². The third kappa shape index (κ3) is 3.54. The number of anilines is 3. The van der Waals surface area contributed by atoms with E-state index in [4.69, 9.17) is 9.72 Å². The summed E-state index contributed by atoms with van der Waals surface area (Å²) in [5.41, 5.74) is 6.42. The molecule has 4 aromatic rings. The van der Waals surface area contributed by atoms with Gasteiger partial charge in [-0.05, 0) is 43.3 Å². The van der Waals surface area contributed by atoms with E-state index in [1.54, 1.807) is 6.20 Å². The number of hydrogen-bond acceptors (Lipinski definition) is 5. The normalized spacial score (nSPS) is 14.3. The molecule has 1 aliphatic rings. The molecule has 0 bridgehead atoms. The van der Waals surface area contributed by atoms with Crippen molar-refractivity contribution in [3.05, 3.63) is 66.5 Å². The van der Waals surface area contributed by atoms with Gasteiger partial charge in [-0.1, -0.05) is 18.2 Å². The zero-order valence-corrected chi connectivity index (χ0v) is 16.4. The molecule has 0 aliphatic carbocycles. The highest BCUT2D eigenvalue weighted by molar-refractivity contribution is 5.96. The second kappa shape index (κ2) is 7.56. The fourth-order valence-electron chi connectivity index (χ4n) is 3.87. The molecule has 1 fully saturated rings. The van der Waals surface area contributed by atoms with Crippen LogP contribution < -0.4 is 10.2 Å². The van der Waals surface area contributed by atoms with E-state index in [2.05, 4.69) is 69.6 Å². The van der Waals surface area contributed by atoms with Crippen molar-refractivity contribution >= 4 is 28.2 Å². The molecule has 6 heteroatoms. The van der Waals surface area contributed by atoms with Gasteiger partial charge in [-0.3, -0.25) is 0 Å². The molecule has 0 unspecified atom stereocenters. The zero-order valence-electron chi connectivity index (χ0n) is 16.4. The zero-order chi connectivity index (χ0) is 19.6. The molecule has 6 nitrogen and oxygen atoms in total. The lowest BCUT2D eigenvalue weighted by atomic mass is 10.1. The third-order valence-electron chi connectivity index (χ3n) is 5.30. The number of aromatic amines is 1. The average molecular weight is 385 g/mol. The monoisotopic (exact) mass is 385 g/mol. The SMILES string of the molecule is Cc1[nH]c2ccccc2c1-c1ccnc(Nc2ccc(N3CCOCC3)cc2)n1. The van der Waals surface area contributed by atoms with Gasteiger partial charge in [-0.25, -0.2) is 9.97 Å². The fraction of sp³-hybridized carbons (Fsp3) is 0.217. The maximum Gasteiger partial charge on any atom is 0.227 e. The standard InChI is InChI=1S/C23H23N5O/c1-16-22(19-4-2-3-5-20(19)25-16)21-10-11-24-23(27-21)26-17-6-8-18(9-7-17)28-12-14-29-15-13-28/h2-11,25H,12-15H2,1H3,(H,24,26,27). The number of fused-ring (bicyclic) bond motifs is 1. The lowest BCUT2D eigenvalue weighted by Gasteiger charge is -2.28. The van der Waals surface area contributed by atoms with Gasteiger partial charge >= 0.3 is 0 Å². The minimum absolute atomic E-state index is 0.589. The Balaban J connectivity index is 1.39. The molecular weight excluding hydrogens is 362 g/mol. The first-order valence-electron chi connectivity index (χ1n) is 9.88. The first-order chi connectivity index (χ1) is 14.3. The molecule has 0 radical (unpaired) electrons. The summed E-state index contributed by atoms with van der Waals surface area (Å²) >= 11 is 0. The molecule has 2 aromatic carbocycles. The molecule has 5 rings (SSSR count). The summed E-state index contributed by atoms with van der Waals surface area (Å²) in [7, 11) is 0. The number of ether oxygens (including phenoxy) is 1. The molecular formula is C23H23N5O. The van der Waals surface area contributed by atoms with Gasteiger partial charge in [0.15, 0.2) is 0 Å². The molecule has 1 aliphatic heterocycles. The van der Waals surface area contributed by atoms with E-state index in [1.807, 2.05) is 12.1 Å². The summed E-state index contributed by atoms with van der Waals surface area (Å²) in [6.07, 6.45) is 1.80. The molecule has 146 valence electrons. The van der Waals surface area contributed by atoms with Crippen molar-refractivity contribution < 1.29 is 4.74 Å². The molecule has 0 saturated carbocycles. The average Bonchev–Trinajstić information content (AvgIpc) is 3.11. The van der Waals surface area contributed by atoms with Crippen molar-refractivity contribution in [2.75, 3.05) is 36.5 Å². The summed E-state index contributed by atoms with van der Waals surface area (Å²) in [6.45, 7) is 5.51. The van der Waals surface area contributed by atoms with Gasteiger partial charge in [0.1, 0.15) is 0 Å². The Morgan fingerprint density at radius 2 is 1.79 bits per heavy atom. The molecule has 0 atom stereocenters. The number of nitrogens with zero attached hydrogens (tertiary/aromatic N) is 3. The number of aryl methyl sites for hydroxylation is 1. The van der Waals surface area contributed by atoms with Crippen LogP contribution in [-0.2, 0) is 4.74 Å². The van der Waals surface area contributed by atoms with Gasteiger partial charge in [-0.15, -0.1) is 0 Å². The molecule has 2 aromatic heterocycles. The number of nitrogens with one attached hydrogen (secondary N) is 2. The Hall–Kier alpha value is -3.38. The number of aromatic nitrogens is 3. The third-order valence-corrected chi connectivity index (χ3v) is 5.30. The number of morpholine rings is 1. The van der Waals surface area contributed by atoms with Crippen molar-refractivity contribution in [3.63, 3.8) is 0 Å². The molecule has 3 heterocycles. The number of rotatable bonds is 4. The van der Waals surface area contributed by atoms with Gasteiger partial charge in [-0.2, -0.15) is 0 Å². The van der Waals surface area contributed by atoms with Gasteiger partial charge in [0.25, 0.3) is 0 Å². The largest absolute Gasteiger partial charge is 0.378 e. The highest BCUT2D eigenvalue weighted by Crippen LogP contribution is 2.31. The van der Waals surface area contributed by atoms with E-state index < -0.39 is 0 Å². The van der Waals surface area contributed by atoms with Crippen LogP contribution in [-0.4, -0.2) is 41.3 Å². The maximum atomic E-state index is 5.43. The van der Waals surface area contributed by atoms with Crippen LogP contribution in [0.25, 0.3) is 22.2 Å². The van der Waals surface area contributed by atoms with Crippen LogP contribution >= 0.6 is 0 Å². The first kappa shape index (κ1) is 17.7. The summed E-state index contributed by atoms with van der Waals surface area (Å²) in [4.78, 5) is 14.9. The van der Waals surface area contributed by atoms with E-state index in [0.717, 1.165) is 54.5 Å². The van der Waals surface area contributed by atoms with Crippen molar-refractivity contribution in [1.82, 2.24) is 15.0 Å². The Morgan fingerprint density at radius 1 is 1.00 bits per heavy atom.